The highest BCUT2D eigenvalue weighted by Gasteiger charge is 2.28. The molecule has 82 valence electrons. The summed E-state index contributed by atoms with van der Waals surface area (Å²) in [6.45, 7) is 0.509. The molecular weight excluding hydrogens is 182 g/mol. The minimum absolute atomic E-state index is 0.0622. The van der Waals surface area contributed by atoms with E-state index in [1.54, 1.807) is 0 Å². The van der Waals surface area contributed by atoms with Crippen LogP contribution in [0.2, 0.25) is 0 Å². The average molecular weight is 201 g/mol. The summed E-state index contributed by atoms with van der Waals surface area (Å²) >= 11 is 0. The summed E-state index contributed by atoms with van der Waals surface area (Å²) in [6.07, 6.45) is 4.18. The van der Waals surface area contributed by atoms with Crippen LogP contribution in [0.5, 0.6) is 0 Å². The van der Waals surface area contributed by atoms with E-state index in [1.807, 2.05) is 0 Å². The summed E-state index contributed by atoms with van der Waals surface area (Å²) in [5, 5.41) is 10.5. The van der Waals surface area contributed by atoms with Crippen molar-refractivity contribution in [2.24, 2.45) is 17.4 Å². The molecule has 1 saturated carbocycles. The predicted molar refractivity (Wildman–Crippen MR) is 54.4 cm³/mol. The second-order valence-corrected chi connectivity index (χ2v) is 4.19. The lowest BCUT2D eigenvalue weighted by molar-refractivity contribution is -0.527. The lowest BCUT2D eigenvalue weighted by Crippen LogP contribution is -2.34. The molecular formula is C9H19N3O2. The van der Waals surface area contributed by atoms with Gasteiger partial charge in [0.25, 0.3) is 0 Å². The molecule has 1 aliphatic carbocycles. The van der Waals surface area contributed by atoms with Crippen molar-refractivity contribution in [1.29, 1.82) is 0 Å². The molecule has 1 aliphatic rings. The second-order valence-electron chi connectivity index (χ2n) is 4.19. The van der Waals surface area contributed by atoms with E-state index in [0.717, 1.165) is 19.3 Å². The molecule has 0 aromatic carbocycles. The molecule has 1 atom stereocenters. The zero-order valence-electron chi connectivity index (χ0n) is 8.39. The molecule has 0 saturated heterocycles. The quantitative estimate of drug-likeness (QED) is 0.511. The average Bonchev–Trinajstić information content (AvgIpc) is 2.18. The fraction of sp³-hybridized carbons (Fsp3) is 1.00. The number of nitrogens with two attached hydrogens (primary N) is 2. The van der Waals surface area contributed by atoms with Crippen molar-refractivity contribution in [1.82, 2.24) is 0 Å². The molecule has 0 aromatic heterocycles. The first-order chi connectivity index (χ1) is 6.63. The molecule has 0 radical (unpaired) electrons. The van der Waals surface area contributed by atoms with Crippen molar-refractivity contribution >= 4 is 0 Å². The van der Waals surface area contributed by atoms with E-state index in [0.29, 0.717) is 25.3 Å². The van der Waals surface area contributed by atoms with Crippen molar-refractivity contribution in [2.45, 2.75) is 44.2 Å². The lowest BCUT2D eigenvalue weighted by Gasteiger charge is -2.25. The summed E-state index contributed by atoms with van der Waals surface area (Å²) in [5.74, 6) is 0.546. The Morgan fingerprint density at radius 3 is 2.36 bits per heavy atom. The molecule has 0 aliphatic heterocycles. The summed E-state index contributed by atoms with van der Waals surface area (Å²) in [6, 6.07) is -0.257. The molecule has 1 rings (SSSR count). The van der Waals surface area contributed by atoms with Gasteiger partial charge in [0.1, 0.15) is 0 Å². The number of nitro groups is 1. The SMILES string of the molecule is NCC(N)CC1CCC([N+](=O)[O-])CC1. The molecule has 1 fully saturated rings. The Hall–Kier alpha value is -0.680. The van der Waals surface area contributed by atoms with E-state index in [1.165, 1.54) is 0 Å². The van der Waals surface area contributed by atoms with E-state index in [2.05, 4.69) is 0 Å². The van der Waals surface area contributed by atoms with Gasteiger partial charge in [0, 0.05) is 30.4 Å². The van der Waals surface area contributed by atoms with E-state index >= 15 is 0 Å². The number of hydrogen-bond donors (Lipinski definition) is 2. The fourth-order valence-corrected chi connectivity index (χ4v) is 2.12. The molecule has 0 aromatic rings. The Labute approximate surface area is 84.0 Å². The van der Waals surface area contributed by atoms with E-state index in [9.17, 15) is 10.1 Å². The molecule has 14 heavy (non-hydrogen) atoms. The van der Waals surface area contributed by atoms with Crippen LogP contribution in [0.15, 0.2) is 0 Å². The monoisotopic (exact) mass is 201 g/mol. The maximum absolute atomic E-state index is 10.5. The van der Waals surface area contributed by atoms with Crippen LogP contribution in [0.25, 0.3) is 0 Å². The zero-order chi connectivity index (χ0) is 10.6. The fourth-order valence-electron chi connectivity index (χ4n) is 2.12. The van der Waals surface area contributed by atoms with Gasteiger partial charge < -0.3 is 11.5 Å². The molecule has 1 unspecified atom stereocenters. The largest absolute Gasteiger partial charge is 0.329 e. The lowest BCUT2D eigenvalue weighted by atomic mass is 9.83. The van der Waals surface area contributed by atoms with E-state index < -0.39 is 0 Å². The first-order valence-electron chi connectivity index (χ1n) is 5.22. The first-order valence-corrected chi connectivity index (χ1v) is 5.22. The Bertz CT molecular complexity index is 190. The van der Waals surface area contributed by atoms with Gasteiger partial charge in [-0.15, -0.1) is 0 Å². The van der Waals surface area contributed by atoms with Gasteiger partial charge in [-0.05, 0) is 25.2 Å². The molecule has 0 spiro atoms. The maximum Gasteiger partial charge on any atom is 0.213 e. The van der Waals surface area contributed by atoms with Gasteiger partial charge in [0.05, 0.1) is 0 Å². The topological polar surface area (TPSA) is 95.2 Å². The minimum atomic E-state index is -0.319. The van der Waals surface area contributed by atoms with E-state index in [4.69, 9.17) is 11.5 Å². The third kappa shape index (κ3) is 3.23. The van der Waals surface area contributed by atoms with Gasteiger partial charge >= 0.3 is 0 Å². The van der Waals surface area contributed by atoms with Crippen LogP contribution in [0.1, 0.15) is 32.1 Å². The molecule has 4 N–H and O–H groups in total. The van der Waals surface area contributed by atoms with Gasteiger partial charge in [-0.2, -0.15) is 0 Å². The Morgan fingerprint density at radius 1 is 1.36 bits per heavy atom. The third-order valence-corrected chi connectivity index (χ3v) is 3.05. The highest BCUT2D eigenvalue weighted by Crippen LogP contribution is 2.28. The Kier molecular flexibility index (Phi) is 4.28. The van der Waals surface area contributed by atoms with Crippen LogP contribution in [-0.2, 0) is 0 Å². The highest BCUT2D eigenvalue weighted by molar-refractivity contribution is 4.76. The van der Waals surface area contributed by atoms with E-state index in [-0.39, 0.29) is 17.0 Å². The van der Waals surface area contributed by atoms with Crippen molar-refractivity contribution in [2.75, 3.05) is 6.54 Å². The molecule has 0 amide bonds. The van der Waals surface area contributed by atoms with Crippen LogP contribution >= 0.6 is 0 Å². The van der Waals surface area contributed by atoms with Gasteiger partial charge in [-0.25, -0.2) is 0 Å². The van der Waals surface area contributed by atoms with Crippen LogP contribution in [0.3, 0.4) is 0 Å². The highest BCUT2D eigenvalue weighted by atomic mass is 16.6. The standard InChI is InChI=1S/C9H19N3O2/c10-6-8(11)5-7-1-3-9(4-2-7)12(13)14/h7-9H,1-6,10-11H2. The van der Waals surface area contributed by atoms with Gasteiger partial charge in [0.2, 0.25) is 6.04 Å². The number of hydrogen-bond acceptors (Lipinski definition) is 4. The molecule has 0 heterocycles. The third-order valence-electron chi connectivity index (χ3n) is 3.05. The zero-order valence-corrected chi connectivity index (χ0v) is 8.39. The van der Waals surface area contributed by atoms with Gasteiger partial charge in [-0.3, -0.25) is 10.1 Å². The summed E-state index contributed by atoms with van der Waals surface area (Å²) in [7, 11) is 0. The Morgan fingerprint density at radius 2 is 1.93 bits per heavy atom. The number of rotatable bonds is 4. The maximum atomic E-state index is 10.5. The molecule has 5 heteroatoms. The van der Waals surface area contributed by atoms with Crippen LogP contribution in [-0.4, -0.2) is 23.6 Å². The normalized spacial score (nSPS) is 29.9. The van der Waals surface area contributed by atoms with Crippen LogP contribution in [0.4, 0.5) is 0 Å². The smallest absolute Gasteiger partial charge is 0.213 e. The predicted octanol–water partition coefficient (Wildman–Crippen LogP) is 0.498. The summed E-state index contributed by atoms with van der Waals surface area (Å²) in [4.78, 5) is 10.3. The number of nitrogens with zero attached hydrogens (tertiary/aromatic N) is 1. The van der Waals surface area contributed by atoms with Crippen molar-refractivity contribution in [3.8, 4) is 0 Å². The molecule has 0 bridgehead atoms. The van der Waals surface area contributed by atoms with Crippen molar-refractivity contribution in [3.05, 3.63) is 10.1 Å². The summed E-state index contributed by atoms with van der Waals surface area (Å²) in [5.41, 5.74) is 11.2. The second kappa shape index (κ2) is 5.26. The molecule has 5 nitrogen and oxygen atoms in total. The van der Waals surface area contributed by atoms with Gasteiger partial charge in [-0.1, -0.05) is 0 Å². The van der Waals surface area contributed by atoms with Crippen LogP contribution < -0.4 is 11.5 Å². The van der Waals surface area contributed by atoms with Crippen LogP contribution in [0, 0.1) is 16.0 Å². The van der Waals surface area contributed by atoms with Gasteiger partial charge in [0.15, 0.2) is 0 Å². The minimum Gasteiger partial charge on any atom is -0.329 e. The first kappa shape index (κ1) is 11.4. The van der Waals surface area contributed by atoms with Crippen molar-refractivity contribution in [3.63, 3.8) is 0 Å². The Balaban J connectivity index is 2.25. The summed E-state index contributed by atoms with van der Waals surface area (Å²) < 4.78 is 0. The van der Waals surface area contributed by atoms with Crippen molar-refractivity contribution < 1.29 is 4.92 Å².